The van der Waals surface area contributed by atoms with Gasteiger partial charge in [-0.1, -0.05) is 40.2 Å². The molecule has 0 heterocycles. The van der Waals surface area contributed by atoms with E-state index >= 15 is 0 Å². The van der Waals surface area contributed by atoms with E-state index in [0.29, 0.717) is 4.90 Å². The van der Waals surface area contributed by atoms with Crippen LogP contribution in [0.1, 0.15) is 36.5 Å². The number of hydrogen-bond acceptors (Lipinski definition) is 2. The lowest BCUT2D eigenvalue weighted by atomic mass is 9.90. The Hall–Kier alpha value is -1.17. The fourth-order valence-electron chi connectivity index (χ4n) is 3.29. The SMILES string of the molecule is Cc1ccc(C)c(S(=O)(=O)NC(C)C2(c3ccc(Br)cc3)CC2)c1. The summed E-state index contributed by atoms with van der Waals surface area (Å²) in [6.45, 7) is 5.71. The summed E-state index contributed by atoms with van der Waals surface area (Å²) in [4.78, 5) is 0.376. The van der Waals surface area contributed by atoms with Gasteiger partial charge in [-0.3, -0.25) is 0 Å². The average Bonchev–Trinajstić information content (AvgIpc) is 3.31. The molecule has 1 N–H and O–H groups in total. The molecule has 0 radical (unpaired) electrons. The molecule has 128 valence electrons. The van der Waals surface area contributed by atoms with Gasteiger partial charge in [-0.2, -0.15) is 0 Å². The number of halogens is 1. The molecule has 0 aliphatic heterocycles. The molecule has 3 nitrogen and oxygen atoms in total. The van der Waals surface area contributed by atoms with Gasteiger partial charge in [0.15, 0.2) is 0 Å². The molecule has 0 spiro atoms. The Balaban J connectivity index is 1.87. The third-order valence-electron chi connectivity index (χ3n) is 5.00. The van der Waals surface area contributed by atoms with Gasteiger partial charge in [0.25, 0.3) is 0 Å². The summed E-state index contributed by atoms with van der Waals surface area (Å²) in [5.74, 6) is 0. The van der Waals surface area contributed by atoms with Gasteiger partial charge in [-0.05, 0) is 68.5 Å². The predicted molar refractivity (Wildman–Crippen MR) is 101 cm³/mol. The van der Waals surface area contributed by atoms with Crippen molar-refractivity contribution in [1.29, 1.82) is 0 Å². The highest BCUT2D eigenvalue weighted by atomic mass is 79.9. The summed E-state index contributed by atoms with van der Waals surface area (Å²) in [5.41, 5.74) is 2.82. The van der Waals surface area contributed by atoms with Crippen molar-refractivity contribution < 1.29 is 8.42 Å². The number of nitrogens with one attached hydrogen (secondary N) is 1. The van der Waals surface area contributed by atoms with Gasteiger partial charge in [0, 0.05) is 15.9 Å². The van der Waals surface area contributed by atoms with Crippen molar-refractivity contribution >= 4 is 26.0 Å². The van der Waals surface area contributed by atoms with Crippen LogP contribution in [0.2, 0.25) is 0 Å². The lowest BCUT2D eigenvalue weighted by Gasteiger charge is -2.25. The molecule has 1 atom stereocenters. The van der Waals surface area contributed by atoms with Crippen LogP contribution in [-0.4, -0.2) is 14.5 Å². The Bertz CT molecular complexity index is 855. The second kappa shape index (κ2) is 6.28. The zero-order valence-corrected chi connectivity index (χ0v) is 16.5. The van der Waals surface area contributed by atoms with Crippen molar-refractivity contribution in [3.8, 4) is 0 Å². The van der Waals surface area contributed by atoms with Crippen molar-refractivity contribution in [2.45, 2.75) is 50.0 Å². The lowest BCUT2D eigenvalue weighted by Crippen LogP contribution is -2.41. The van der Waals surface area contributed by atoms with Crippen molar-refractivity contribution in [3.05, 3.63) is 63.6 Å². The molecule has 1 aliphatic carbocycles. The van der Waals surface area contributed by atoms with Gasteiger partial charge in [0.05, 0.1) is 4.90 Å². The number of benzene rings is 2. The van der Waals surface area contributed by atoms with Crippen molar-refractivity contribution in [3.63, 3.8) is 0 Å². The van der Waals surface area contributed by atoms with Crippen LogP contribution >= 0.6 is 15.9 Å². The zero-order chi connectivity index (χ0) is 17.5. The fraction of sp³-hybridized carbons (Fsp3) is 0.368. The van der Waals surface area contributed by atoms with E-state index in [1.807, 2.05) is 45.0 Å². The molecule has 24 heavy (non-hydrogen) atoms. The van der Waals surface area contributed by atoms with Gasteiger partial charge in [0.2, 0.25) is 10.0 Å². The summed E-state index contributed by atoms with van der Waals surface area (Å²) in [5, 5.41) is 0. The summed E-state index contributed by atoms with van der Waals surface area (Å²) >= 11 is 3.45. The van der Waals surface area contributed by atoms with E-state index in [4.69, 9.17) is 0 Å². The molecule has 1 aliphatic rings. The second-order valence-electron chi connectivity index (χ2n) is 6.77. The predicted octanol–water partition coefficient (Wildman–Crippen LogP) is 4.46. The minimum atomic E-state index is -3.53. The summed E-state index contributed by atoms with van der Waals surface area (Å²) < 4.78 is 29.7. The number of aryl methyl sites for hydroxylation is 2. The maximum absolute atomic E-state index is 12.9. The summed E-state index contributed by atoms with van der Waals surface area (Å²) in [7, 11) is -3.53. The first-order valence-corrected chi connectivity index (χ1v) is 10.4. The Morgan fingerprint density at radius 2 is 1.71 bits per heavy atom. The molecule has 1 fully saturated rings. The minimum Gasteiger partial charge on any atom is -0.207 e. The molecule has 2 aromatic rings. The van der Waals surface area contributed by atoms with Gasteiger partial charge >= 0.3 is 0 Å². The number of hydrogen-bond donors (Lipinski definition) is 1. The fourth-order valence-corrected chi connectivity index (χ4v) is 5.21. The third-order valence-corrected chi connectivity index (χ3v) is 7.21. The standard InChI is InChI=1S/C19H22BrNO2S/c1-13-4-5-14(2)18(12-13)24(22,23)21-15(3)19(10-11-19)16-6-8-17(20)9-7-16/h4-9,12,15,21H,10-11H2,1-3H3. The monoisotopic (exact) mass is 407 g/mol. The Labute approximate surface area is 152 Å². The highest BCUT2D eigenvalue weighted by molar-refractivity contribution is 9.10. The molecular formula is C19H22BrNO2S. The van der Waals surface area contributed by atoms with Crippen LogP contribution in [0.15, 0.2) is 51.8 Å². The lowest BCUT2D eigenvalue weighted by molar-refractivity contribution is 0.494. The zero-order valence-electron chi connectivity index (χ0n) is 14.1. The van der Waals surface area contributed by atoms with Crippen LogP contribution < -0.4 is 4.72 Å². The average molecular weight is 408 g/mol. The van der Waals surface area contributed by atoms with E-state index in [0.717, 1.165) is 28.4 Å². The largest absolute Gasteiger partial charge is 0.241 e. The van der Waals surface area contributed by atoms with E-state index in [1.165, 1.54) is 5.56 Å². The van der Waals surface area contributed by atoms with E-state index in [2.05, 4.69) is 32.8 Å². The quantitative estimate of drug-likeness (QED) is 0.794. The molecule has 0 bridgehead atoms. The van der Waals surface area contributed by atoms with Crippen LogP contribution in [0.5, 0.6) is 0 Å². The normalized spacial score (nSPS) is 17.5. The molecule has 3 rings (SSSR count). The van der Waals surface area contributed by atoms with Crippen LogP contribution in [0, 0.1) is 13.8 Å². The molecule has 5 heteroatoms. The number of rotatable bonds is 5. The first-order valence-electron chi connectivity index (χ1n) is 8.10. The smallest absolute Gasteiger partial charge is 0.207 e. The number of sulfonamides is 1. The maximum Gasteiger partial charge on any atom is 0.241 e. The molecule has 0 saturated heterocycles. The topological polar surface area (TPSA) is 46.2 Å². The molecule has 0 aromatic heterocycles. The summed E-state index contributed by atoms with van der Waals surface area (Å²) in [6, 6.07) is 13.6. The van der Waals surface area contributed by atoms with Gasteiger partial charge in [0.1, 0.15) is 0 Å². The molecule has 1 saturated carbocycles. The summed E-state index contributed by atoms with van der Waals surface area (Å²) in [6.07, 6.45) is 2.01. The van der Waals surface area contributed by atoms with E-state index < -0.39 is 10.0 Å². The van der Waals surface area contributed by atoms with Gasteiger partial charge in [-0.15, -0.1) is 0 Å². The highest BCUT2D eigenvalue weighted by Crippen LogP contribution is 2.51. The van der Waals surface area contributed by atoms with Gasteiger partial charge < -0.3 is 0 Å². The van der Waals surface area contributed by atoms with E-state index in [-0.39, 0.29) is 11.5 Å². The first-order chi connectivity index (χ1) is 11.2. The Kier molecular flexibility index (Phi) is 4.62. The van der Waals surface area contributed by atoms with Crippen LogP contribution in [0.3, 0.4) is 0 Å². The third kappa shape index (κ3) is 3.30. The van der Waals surface area contributed by atoms with Crippen LogP contribution in [0.25, 0.3) is 0 Å². The van der Waals surface area contributed by atoms with Crippen LogP contribution in [0.4, 0.5) is 0 Å². The van der Waals surface area contributed by atoms with Crippen molar-refractivity contribution in [1.82, 2.24) is 4.72 Å². The second-order valence-corrected chi connectivity index (χ2v) is 9.37. The van der Waals surface area contributed by atoms with Crippen molar-refractivity contribution in [2.24, 2.45) is 0 Å². The molecule has 0 amide bonds. The van der Waals surface area contributed by atoms with Gasteiger partial charge in [-0.25, -0.2) is 13.1 Å². The Morgan fingerprint density at radius 1 is 1.08 bits per heavy atom. The Morgan fingerprint density at radius 3 is 2.29 bits per heavy atom. The van der Waals surface area contributed by atoms with Crippen LogP contribution in [-0.2, 0) is 15.4 Å². The molecular weight excluding hydrogens is 386 g/mol. The molecule has 2 aromatic carbocycles. The molecule has 1 unspecified atom stereocenters. The maximum atomic E-state index is 12.9. The highest BCUT2D eigenvalue weighted by Gasteiger charge is 2.49. The first kappa shape index (κ1) is 17.6. The van der Waals surface area contributed by atoms with Crippen molar-refractivity contribution in [2.75, 3.05) is 0 Å². The minimum absolute atomic E-state index is 0.0918. The van der Waals surface area contributed by atoms with E-state index in [1.54, 1.807) is 6.07 Å². The van der Waals surface area contributed by atoms with E-state index in [9.17, 15) is 8.42 Å².